The lowest BCUT2D eigenvalue weighted by Gasteiger charge is -2.42. The number of carbonyl (C=O) groups is 1. The molecule has 12 heteroatoms. The number of hydrogen-bond donors (Lipinski definition) is 1. The third-order valence-corrected chi connectivity index (χ3v) is 8.05. The third-order valence-electron chi connectivity index (χ3n) is 7.50. The summed E-state index contributed by atoms with van der Waals surface area (Å²) in [7, 11) is -3.86. The van der Waals surface area contributed by atoms with Gasteiger partial charge in [-0.15, -0.1) is 0 Å². The summed E-state index contributed by atoms with van der Waals surface area (Å²) in [6, 6.07) is 4.65. The van der Waals surface area contributed by atoms with E-state index in [1.165, 1.54) is 6.07 Å². The van der Waals surface area contributed by atoms with Gasteiger partial charge >= 0.3 is 6.18 Å². The number of hydrogen-bond acceptors (Lipinski definition) is 5. The van der Waals surface area contributed by atoms with Gasteiger partial charge in [-0.25, -0.2) is 21.9 Å². The molecule has 0 radical (unpaired) electrons. The van der Waals surface area contributed by atoms with E-state index >= 15 is 0 Å². The van der Waals surface area contributed by atoms with Crippen molar-refractivity contribution in [1.29, 1.82) is 0 Å². The van der Waals surface area contributed by atoms with E-state index in [4.69, 9.17) is 4.74 Å². The Bertz CT molecular complexity index is 1350. The first-order chi connectivity index (χ1) is 18.0. The molecular weight excluding hydrogens is 543 g/mol. The molecule has 39 heavy (non-hydrogen) atoms. The molecule has 214 valence electrons. The van der Waals surface area contributed by atoms with Crippen molar-refractivity contribution < 1.29 is 39.9 Å². The van der Waals surface area contributed by atoms with Crippen molar-refractivity contribution in [3.8, 4) is 5.75 Å². The van der Waals surface area contributed by atoms with Gasteiger partial charge in [-0.3, -0.25) is 9.69 Å². The number of ether oxygens (including phenoxy) is 1. The van der Waals surface area contributed by atoms with Crippen molar-refractivity contribution in [2.45, 2.75) is 57.7 Å². The lowest BCUT2D eigenvalue weighted by Crippen LogP contribution is -2.42. The summed E-state index contributed by atoms with van der Waals surface area (Å²) < 4.78 is 98.8. The number of rotatable bonds is 8. The topological polar surface area (TPSA) is 75.7 Å². The predicted octanol–water partition coefficient (Wildman–Crippen LogP) is 5.79. The van der Waals surface area contributed by atoms with Gasteiger partial charge in [0.05, 0.1) is 24.0 Å². The molecule has 0 aromatic heterocycles. The van der Waals surface area contributed by atoms with E-state index in [1.807, 2.05) is 11.8 Å². The Morgan fingerprint density at radius 3 is 2.33 bits per heavy atom. The second-order valence-electron chi connectivity index (χ2n) is 10.9. The van der Waals surface area contributed by atoms with Gasteiger partial charge in [0, 0.05) is 17.5 Å². The minimum atomic E-state index is -4.64. The zero-order valence-electron chi connectivity index (χ0n) is 21.9. The van der Waals surface area contributed by atoms with Gasteiger partial charge < -0.3 is 4.74 Å². The summed E-state index contributed by atoms with van der Waals surface area (Å²) in [6.07, 6.45) is -0.843. The summed E-state index contributed by atoms with van der Waals surface area (Å²) >= 11 is 0. The SMILES string of the molecule is CC(c1cc(F)cc(C(F)(F)F)c1)N1CCC(C)(COc2cc(F)c(C(=O)NS(C)(=O)=O)cc2C2CC2)CC1. The van der Waals surface area contributed by atoms with Gasteiger partial charge in [0.25, 0.3) is 5.91 Å². The van der Waals surface area contributed by atoms with Crippen LogP contribution in [0.2, 0.25) is 0 Å². The summed E-state index contributed by atoms with van der Waals surface area (Å²) in [5, 5.41) is 0. The first-order valence-electron chi connectivity index (χ1n) is 12.6. The molecule has 1 saturated carbocycles. The van der Waals surface area contributed by atoms with Gasteiger partial charge in [0.2, 0.25) is 10.0 Å². The Balaban J connectivity index is 1.42. The standard InChI is InChI=1S/C27H31F5N2O4S/c1-16(18-10-19(27(30,31)32)12-20(28)11-18)34-8-6-26(2,7-9-34)15-38-24-14-23(29)22(13-21(24)17-4-5-17)25(35)33-39(3,36)37/h10-14,16-17H,4-9,15H2,1-3H3,(H,33,35). The molecule has 4 rings (SSSR count). The molecule has 2 aromatic rings. The van der Waals surface area contributed by atoms with Gasteiger partial charge in [-0.05, 0) is 87.0 Å². The second kappa shape index (κ2) is 10.7. The Kier molecular flexibility index (Phi) is 8.01. The molecule has 2 aliphatic rings. The maximum absolute atomic E-state index is 14.8. The van der Waals surface area contributed by atoms with Gasteiger partial charge in [0.15, 0.2) is 0 Å². The summed E-state index contributed by atoms with van der Waals surface area (Å²) in [5.74, 6) is -2.47. The van der Waals surface area contributed by atoms with Gasteiger partial charge in [-0.1, -0.05) is 6.92 Å². The number of amides is 1. The number of nitrogens with zero attached hydrogens (tertiary/aromatic N) is 1. The average Bonchev–Trinajstić information content (AvgIpc) is 3.66. The van der Waals surface area contributed by atoms with Crippen LogP contribution in [0.4, 0.5) is 22.0 Å². The van der Waals surface area contributed by atoms with Crippen LogP contribution in [-0.4, -0.2) is 45.2 Å². The van der Waals surface area contributed by atoms with E-state index in [1.54, 1.807) is 11.6 Å². The Morgan fingerprint density at radius 2 is 1.77 bits per heavy atom. The van der Waals surface area contributed by atoms with E-state index in [0.29, 0.717) is 43.3 Å². The Labute approximate surface area is 224 Å². The molecule has 1 amide bonds. The molecule has 2 aromatic carbocycles. The second-order valence-corrected chi connectivity index (χ2v) is 12.7. The number of likely N-dealkylation sites (tertiary alicyclic amines) is 1. The van der Waals surface area contributed by atoms with Crippen LogP contribution in [-0.2, 0) is 16.2 Å². The highest BCUT2D eigenvalue weighted by Crippen LogP contribution is 2.46. The van der Waals surface area contributed by atoms with Crippen molar-refractivity contribution in [3.05, 3.63) is 64.2 Å². The summed E-state index contributed by atoms with van der Waals surface area (Å²) in [5.41, 5.74) is -0.783. The van der Waals surface area contributed by atoms with E-state index in [-0.39, 0.29) is 29.1 Å². The highest BCUT2D eigenvalue weighted by Gasteiger charge is 2.36. The van der Waals surface area contributed by atoms with Gasteiger partial charge in [-0.2, -0.15) is 13.2 Å². The third kappa shape index (κ3) is 7.27. The highest BCUT2D eigenvalue weighted by atomic mass is 32.2. The van der Waals surface area contributed by atoms with Gasteiger partial charge in [0.1, 0.15) is 17.4 Å². The highest BCUT2D eigenvalue weighted by molar-refractivity contribution is 7.89. The molecule has 1 heterocycles. The Morgan fingerprint density at radius 1 is 1.13 bits per heavy atom. The number of sulfonamides is 1. The maximum atomic E-state index is 14.8. The molecule has 1 aliphatic heterocycles. The van der Waals surface area contributed by atoms with Crippen LogP contribution < -0.4 is 9.46 Å². The number of alkyl halides is 3. The number of halogens is 5. The molecule has 6 nitrogen and oxygen atoms in total. The molecule has 1 unspecified atom stereocenters. The molecule has 2 fully saturated rings. The van der Waals surface area contributed by atoms with Crippen molar-refractivity contribution in [2.75, 3.05) is 26.0 Å². The molecule has 1 atom stereocenters. The molecule has 0 bridgehead atoms. The number of nitrogens with one attached hydrogen (secondary N) is 1. The quantitative estimate of drug-likeness (QED) is 0.404. The van der Waals surface area contributed by atoms with Crippen LogP contribution in [0.5, 0.6) is 5.75 Å². The fourth-order valence-corrected chi connectivity index (χ4v) is 5.33. The van der Waals surface area contributed by atoms with Crippen LogP contribution in [0.1, 0.15) is 78.5 Å². The van der Waals surface area contributed by atoms with E-state index < -0.39 is 45.3 Å². The van der Waals surface area contributed by atoms with Crippen molar-refractivity contribution >= 4 is 15.9 Å². The number of benzene rings is 2. The van der Waals surface area contributed by atoms with E-state index in [9.17, 15) is 35.2 Å². The van der Waals surface area contributed by atoms with E-state index in [0.717, 1.165) is 37.3 Å². The molecular formula is C27H31F5N2O4S. The normalized spacial score (nSPS) is 19.0. The average molecular weight is 575 g/mol. The monoisotopic (exact) mass is 574 g/mol. The zero-order valence-corrected chi connectivity index (χ0v) is 22.7. The fourth-order valence-electron chi connectivity index (χ4n) is 4.88. The van der Waals surface area contributed by atoms with Crippen LogP contribution >= 0.6 is 0 Å². The smallest absolute Gasteiger partial charge is 0.416 e. The maximum Gasteiger partial charge on any atom is 0.416 e. The van der Waals surface area contributed by atoms with Crippen LogP contribution in [0.25, 0.3) is 0 Å². The molecule has 0 spiro atoms. The molecule has 1 aliphatic carbocycles. The largest absolute Gasteiger partial charge is 0.493 e. The lowest BCUT2D eigenvalue weighted by molar-refractivity contribution is -0.137. The first kappa shape index (κ1) is 29.3. The molecule has 1 saturated heterocycles. The summed E-state index contributed by atoms with van der Waals surface area (Å²) in [6.45, 7) is 5.11. The van der Waals surface area contributed by atoms with E-state index in [2.05, 4.69) is 0 Å². The predicted molar refractivity (Wildman–Crippen MR) is 135 cm³/mol. The first-order valence-corrected chi connectivity index (χ1v) is 14.5. The summed E-state index contributed by atoms with van der Waals surface area (Å²) in [4.78, 5) is 14.3. The van der Waals surface area contributed by atoms with Crippen molar-refractivity contribution in [2.24, 2.45) is 5.41 Å². The van der Waals surface area contributed by atoms with Crippen LogP contribution in [0.15, 0.2) is 30.3 Å². The lowest BCUT2D eigenvalue weighted by atomic mass is 9.80. The minimum absolute atomic E-state index is 0.0914. The zero-order chi connectivity index (χ0) is 28.8. The van der Waals surface area contributed by atoms with Crippen molar-refractivity contribution in [1.82, 2.24) is 9.62 Å². The van der Waals surface area contributed by atoms with Crippen LogP contribution in [0, 0.1) is 17.0 Å². The molecule has 1 N–H and O–H groups in total. The number of carbonyl (C=O) groups excluding carboxylic acids is 1. The number of piperidine rings is 1. The fraction of sp³-hybridized carbons (Fsp3) is 0.519. The minimum Gasteiger partial charge on any atom is -0.493 e. The Hall–Kier alpha value is -2.73. The van der Waals surface area contributed by atoms with Crippen LogP contribution in [0.3, 0.4) is 0 Å². The van der Waals surface area contributed by atoms with Crippen molar-refractivity contribution in [3.63, 3.8) is 0 Å².